The van der Waals surface area contributed by atoms with E-state index in [2.05, 4.69) is 25.6 Å². The predicted molar refractivity (Wildman–Crippen MR) is 110 cm³/mol. The van der Waals surface area contributed by atoms with Crippen molar-refractivity contribution in [3.63, 3.8) is 0 Å². The lowest BCUT2D eigenvalue weighted by molar-refractivity contribution is 0.485. The number of hydrogen-bond acceptors (Lipinski definition) is 6. The number of hydrogen-bond donors (Lipinski definition) is 2. The summed E-state index contributed by atoms with van der Waals surface area (Å²) < 4.78 is 5.98. The van der Waals surface area contributed by atoms with Gasteiger partial charge in [-0.1, -0.05) is 36.4 Å². The molecule has 0 saturated heterocycles. The minimum Gasteiger partial charge on any atom is -0.455 e. The molecule has 6 nitrogen and oxygen atoms in total. The number of ether oxygens (including phenoxy) is 1. The average Bonchev–Trinajstić information content (AvgIpc) is 2.75. The molecular formula is C22H19N5O. The second kappa shape index (κ2) is 8.64. The second-order valence-corrected chi connectivity index (χ2v) is 6.02. The van der Waals surface area contributed by atoms with Crippen LogP contribution in [0.3, 0.4) is 0 Å². The Morgan fingerprint density at radius 1 is 0.821 bits per heavy atom. The normalized spacial score (nSPS) is 10.3. The smallest absolute Gasteiger partial charge is 0.229 e. The number of benzene rings is 2. The Morgan fingerprint density at radius 2 is 1.68 bits per heavy atom. The predicted octanol–water partition coefficient (Wildman–Crippen LogP) is 5.02. The van der Waals surface area contributed by atoms with Gasteiger partial charge in [-0.15, -0.1) is 0 Å². The van der Waals surface area contributed by atoms with Gasteiger partial charge in [-0.3, -0.25) is 4.98 Å². The van der Waals surface area contributed by atoms with Crippen LogP contribution in [0.1, 0.15) is 5.56 Å². The summed E-state index contributed by atoms with van der Waals surface area (Å²) in [4.78, 5) is 12.9. The van der Waals surface area contributed by atoms with Crippen molar-refractivity contribution in [3.05, 3.63) is 97.0 Å². The van der Waals surface area contributed by atoms with Crippen LogP contribution in [0.4, 0.5) is 17.5 Å². The molecule has 0 fully saturated rings. The van der Waals surface area contributed by atoms with Crippen LogP contribution in [-0.4, -0.2) is 15.0 Å². The quantitative estimate of drug-likeness (QED) is 0.477. The van der Waals surface area contributed by atoms with E-state index in [0.717, 1.165) is 22.8 Å². The maximum atomic E-state index is 5.98. The van der Waals surface area contributed by atoms with Crippen molar-refractivity contribution in [2.75, 3.05) is 10.6 Å². The maximum Gasteiger partial charge on any atom is 0.229 e. The van der Waals surface area contributed by atoms with Gasteiger partial charge in [0.25, 0.3) is 0 Å². The van der Waals surface area contributed by atoms with Crippen LogP contribution in [0.2, 0.25) is 0 Å². The fourth-order valence-corrected chi connectivity index (χ4v) is 2.61. The molecule has 4 aromatic rings. The largest absolute Gasteiger partial charge is 0.455 e. The van der Waals surface area contributed by atoms with Gasteiger partial charge < -0.3 is 15.4 Å². The first-order valence-electron chi connectivity index (χ1n) is 8.91. The maximum absolute atomic E-state index is 5.98. The molecule has 138 valence electrons. The molecule has 0 atom stereocenters. The van der Waals surface area contributed by atoms with E-state index >= 15 is 0 Å². The van der Waals surface area contributed by atoms with Crippen molar-refractivity contribution in [3.8, 4) is 11.5 Å². The summed E-state index contributed by atoms with van der Waals surface area (Å²) in [5.41, 5.74) is 1.87. The monoisotopic (exact) mass is 369 g/mol. The molecule has 0 saturated carbocycles. The lowest BCUT2D eigenvalue weighted by Crippen LogP contribution is -2.04. The molecule has 0 aliphatic carbocycles. The first-order valence-corrected chi connectivity index (χ1v) is 8.91. The van der Waals surface area contributed by atoms with Crippen LogP contribution >= 0.6 is 0 Å². The zero-order valence-corrected chi connectivity index (χ0v) is 15.1. The molecule has 6 heteroatoms. The summed E-state index contributed by atoms with van der Waals surface area (Å²) in [6, 6.07) is 23.1. The summed E-state index contributed by atoms with van der Waals surface area (Å²) in [7, 11) is 0. The van der Waals surface area contributed by atoms with Gasteiger partial charge in [-0.25, -0.2) is 4.98 Å². The van der Waals surface area contributed by atoms with Crippen molar-refractivity contribution < 1.29 is 4.74 Å². The van der Waals surface area contributed by atoms with E-state index in [1.54, 1.807) is 12.4 Å². The van der Waals surface area contributed by atoms with Gasteiger partial charge in [0.2, 0.25) is 5.95 Å². The summed E-state index contributed by atoms with van der Waals surface area (Å²) in [5, 5.41) is 6.51. The fourth-order valence-electron chi connectivity index (χ4n) is 2.61. The molecule has 0 spiro atoms. The minimum atomic E-state index is 0.486. The highest BCUT2D eigenvalue weighted by molar-refractivity contribution is 5.63. The Kier molecular flexibility index (Phi) is 5.39. The van der Waals surface area contributed by atoms with Crippen LogP contribution in [0.5, 0.6) is 11.5 Å². The van der Waals surface area contributed by atoms with Crippen LogP contribution in [0.25, 0.3) is 0 Å². The molecule has 28 heavy (non-hydrogen) atoms. The highest BCUT2D eigenvalue weighted by Crippen LogP contribution is 2.30. The Morgan fingerprint density at radius 3 is 2.54 bits per heavy atom. The summed E-state index contributed by atoms with van der Waals surface area (Å²) in [5.74, 6) is 2.68. The zero-order chi connectivity index (χ0) is 19.0. The number of rotatable bonds is 7. The molecule has 0 bridgehead atoms. The fraction of sp³-hybridized carbons (Fsp3) is 0.0455. The van der Waals surface area contributed by atoms with Crippen LogP contribution < -0.4 is 15.4 Å². The van der Waals surface area contributed by atoms with E-state index in [9.17, 15) is 0 Å². The van der Waals surface area contributed by atoms with Crippen molar-refractivity contribution >= 4 is 17.5 Å². The van der Waals surface area contributed by atoms with E-state index in [4.69, 9.17) is 4.74 Å². The zero-order valence-electron chi connectivity index (χ0n) is 15.1. The van der Waals surface area contributed by atoms with E-state index in [-0.39, 0.29) is 0 Å². The summed E-state index contributed by atoms with van der Waals surface area (Å²) in [6.07, 6.45) is 5.29. The second-order valence-electron chi connectivity index (χ2n) is 6.02. The van der Waals surface area contributed by atoms with Gasteiger partial charge in [0.15, 0.2) is 5.75 Å². The van der Waals surface area contributed by atoms with Crippen molar-refractivity contribution in [2.24, 2.45) is 0 Å². The first kappa shape index (κ1) is 17.5. The molecule has 0 amide bonds. The highest BCUT2D eigenvalue weighted by Gasteiger charge is 2.07. The van der Waals surface area contributed by atoms with Gasteiger partial charge in [0, 0.05) is 25.1 Å². The highest BCUT2D eigenvalue weighted by atomic mass is 16.5. The van der Waals surface area contributed by atoms with Gasteiger partial charge in [0.1, 0.15) is 11.6 Å². The third-order valence-electron chi connectivity index (χ3n) is 3.96. The van der Waals surface area contributed by atoms with Crippen LogP contribution in [0, 0.1) is 0 Å². The molecule has 2 aromatic carbocycles. The summed E-state index contributed by atoms with van der Waals surface area (Å²) in [6.45, 7) is 0.637. The van der Waals surface area contributed by atoms with E-state index < -0.39 is 0 Å². The van der Waals surface area contributed by atoms with Gasteiger partial charge in [0.05, 0.1) is 5.69 Å². The molecule has 0 radical (unpaired) electrons. The van der Waals surface area contributed by atoms with Crippen molar-refractivity contribution in [2.45, 2.75) is 6.54 Å². The van der Waals surface area contributed by atoms with E-state index in [1.807, 2.05) is 79.0 Å². The third kappa shape index (κ3) is 4.62. The molecule has 2 aromatic heterocycles. The molecule has 4 rings (SSSR count). The van der Waals surface area contributed by atoms with E-state index in [0.29, 0.717) is 18.2 Å². The Bertz CT molecular complexity index is 1030. The summed E-state index contributed by atoms with van der Waals surface area (Å²) >= 11 is 0. The Balaban J connectivity index is 1.47. The number of anilines is 3. The lowest BCUT2D eigenvalue weighted by Gasteiger charge is -2.13. The Hall–Kier alpha value is -3.93. The Labute approximate surface area is 163 Å². The average molecular weight is 369 g/mol. The minimum absolute atomic E-state index is 0.486. The lowest BCUT2D eigenvalue weighted by atomic mass is 10.3. The van der Waals surface area contributed by atoms with Gasteiger partial charge in [-0.05, 0) is 42.0 Å². The van der Waals surface area contributed by atoms with Crippen molar-refractivity contribution in [1.29, 1.82) is 0 Å². The first-order chi connectivity index (χ1) is 13.9. The molecule has 0 unspecified atom stereocenters. The molecule has 0 aliphatic rings. The van der Waals surface area contributed by atoms with Crippen LogP contribution in [0.15, 0.2) is 91.4 Å². The number of para-hydroxylation sites is 3. The topological polar surface area (TPSA) is 72.0 Å². The SMILES string of the molecule is c1ccc(Oc2ccccc2Nc2nccc(NCc3cccnc3)n2)cc1. The number of nitrogens with zero attached hydrogens (tertiary/aromatic N) is 3. The molecule has 0 aliphatic heterocycles. The molecular weight excluding hydrogens is 350 g/mol. The molecule has 2 heterocycles. The number of nitrogens with one attached hydrogen (secondary N) is 2. The standard InChI is InChI=1S/C22H19N5O/c1-2-8-18(9-3-1)28-20-11-5-4-10-19(20)26-22-24-14-12-21(27-22)25-16-17-7-6-13-23-15-17/h1-15H,16H2,(H2,24,25,26,27). The van der Waals surface area contributed by atoms with Crippen molar-refractivity contribution in [1.82, 2.24) is 15.0 Å². The van der Waals surface area contributed by atoms with Gasteiger partial charge >= 0.3 is 0 Å². The third-order valence-corrected chi connectivity index (χ3v) is 3.96. The number of pyridine rings is 1. The van der Waals surface area contributed by atoms with Gasteiger partial charge in [-0.2, -0.15) is 4.98 Å². The number of aromatic nitrogens is 3. The van der Waals surface area contributed by atoms with Crippen LogP contribution in [-0.2, 0) is 6.54 Å². The van der Waals surface area contributed by atoms with E-state index in [1.165, 1.54) is 0 Å². The molecule has 2 N–H and O–H groups in total.